The molecule has 1 nitrogen and oxygen atoms in total. The Morgan fingerprint density at radius 1 is 1.58 bits per heavy atom. The summed E-state index contributed by atoms with van der Waals surface area (Å²) in [5.74, 6) is 6.43. The van der Waals surface area contributed by atoms with Gasteiger partial charge in [-0.3, -0.25) is 0 Å². The molecule has 0 aliphatic carbocycles. The van der Waals surface area contributed by atoms with E-state index in [0.29, 0.717) is 5.88 Å². The predicted octanol–water partition coefficient (Wildman–Crippen LogP) is 2.60. The number of aryl methyl sites for hydroxylation is 2. The minimum Gasteiger partial charge on any atom is -0.233 e. The van der Waals surface area contributed by atoms with Crippen LogP contribution in [0.4, 0.5) is 0 Å². The molecule has 12 heavy (non-hydrogen) atoms. The quantitative estimate of drug-likeness (QED) is 0.527. The van der Waals surface area contributed by atoms with Gasteiger partial charge in [0.1, 0.15) is 0 Å². The zero-order chi connectivity index (χ0) is 8.97. The topological polar surface area (TPSA) is 12.9 Å². The zero-order valence-electron chi connectivity index (χ0n) is 7.15. The first kappa shape index (κ1) is 9.57. The highest BCUT2D eigenvalue weighted by molar-refractivity contribution is 7.12. The van der Waals surface area contributed by atoms with Crippen LogP contribution in [0.3, 0.4) is 0 Å². The van der Waals surface area contributed by atoms with Gasteiger partial charge in [0.25, 0.3) is 0 Å². The molecule has 0 N–H and O–H groups in total. The summed E-state index contributed by atoms with van der Waals surface area (Å²) in [4.78, 5) is 5.56. The number of hydrogen-bond acceptors (Lipinski definition) is 2. The van der Waals surface area contributed by atoms with E-state index in [1.807, 2.05) is 13.8 Å². The van der Waals surface area contributed by atoms with Gasteiger partial charge < -0.3 is 0 Å². The second-order valence-corrected chi connectivity index (χ2v) is 3.80. The molecule has 64 valence electrons. The van der Waals surface area contributed by atoms with Crippen LogP contribution in [0.15, 0.2) is 0 Å². The molecule has 0 amide bonds. The molecule has 0 fully saturated rings. The van der Waals surface area contributed by atoms with E-state index < -0.39 is 0 Å². The highest BCUT2D eigenvalue weighted by atomic mass is 35.5. The number of alkyl halides is 1. The fourth-order valence-corrected chi connectivity index (χ4v) is 2.17. The lowest BCUT2D eigenvalue weighted by Crippen LogP contribution is -1.84. The standard InChI is InChI=1S/C9H10ClNS/c1-3-4-9-11-7(2)8(12-9)5-6-10/h5-6H2,1-2H3. The van der Waals surface area contributed by atoms with Crippen molar-refractivity contribution < 1.29 is 0 Å². The van der Waals surface area contributed by atoms with Crippen LogP contribution in [0.5, 0.6) is 0 Å². The average Bonchev–Trinajstić information content (AvgIpc) is 2.34. The largest absolute Gasteiger partial charge is 0.233 e. The van der Waals surface area contributed by atoms with Gasteiger partial charge in [0, 0.05) is 10.8 Å². The monoisotopic (exact) mass is 199 g/mol. The number of halogens is 1. The number of aromatic nitrogens is 1. The zero-order valence-corrected chi connectivity index (χ0v) is 8.72. The summed E-state index contributed by atoms with van der Waals surface area (Å²) in [6.07, 6.45) is 0.899. The summed E-state index contributed by atoms with van der Waals surface area (Å²) in [5, 5.41) is 0.898. The molecule has 0 atom stereocenters. The summed E-state index contributed by atoms with van der Waals surface area (Å²) in [7, 11) is 0. The third-order valence-corrected chi connectivity index (χ3v) is 2.77. The normalized spacial score (nSPS) is 9.25. The molecule has 0 spiro atoms. The fourth-order valence-electron chi connectivity index (χ4n) is 0.906. The summed E-state index contributed by atoms with van der Waals surface area (Å²) in [6.45, 7) is 3.82. The maximum Gasteiger partial charge on any atom is 0.167 e. The van der Waals surface area contributed by atoms with Gasteiger partial charge in [0.2, 0.25) is 0 Å². The van der Waals surface area contributed by atoms with E-state index in [1.165, 1.54) is 4.88 Å². The number of thiazole rings is 1. The SMILES string of the molecule is CC#Cc1nc(C)c(CCCl)s1. The summed E-state index contributed by atoms with van der Waals surface area (Å²) in [6, 6.07) is 0. The molecule has 0 radical (unpaired) electrons. The minimum atomic E-state index is 0.655. The highest BCUT2D eigenvalue weighted by Gasteiger charge is 2.04. The van der Waals surface area contributed by atoms with Gasteiger partial charge in [0.05, 0.1) is 5.69 Å². The lowest BCUT2D eigenvalue weighted by Gasteiger charge is -1.89. The summed E-state index contributed by atoms with van der Waals surface area (Å²) < 4.78 is 0. The first-order chi connectivity index (χ1) is 5.77. The maximum atomic E-state index is 5.64. The summed E-state index contributed by atoms with van der Waals surface area (Å²) in [5.41, 5.74) is 1.07. The van der Waals surface area contributed by atoms with Crippen molar-refractivity contribution in [2.45, 2.75) is 20.3 Å². The predicted molar refractivity (Wildman–Crippen MR) is 53.8 cm³/mol. The Balaban J connectivity index is 2.89. The third kappa shape index (κ3) is 2.23. The van der Waals surface area contributed by atoms with Crippen molar-refractivity contribution in [1.82, 2.24) is 4.98 Å². The van der Waals surface area contributed by atoms with Crippen molar-refractivity contribution >= 4 is 22.9 Å². The van der Waals surface area contributed by atoms with E-state index in [0.717, 1.165) is 17.1 Å². The smallest absolute Gasteiger partial charge is 0.167 e. The molecule has 3 heteroatoms. The Kier molecular flexibility index (Phi) is 3.58. The van der Waals surface area contributed by atoms with E-state index in [2.05, 4.69) is 16.8 Å². The van der Waals surface area contributed by atoms with Crippen LogP contribution in [-0.4, -0.2) is 10.9 Å². The van der Waals surface area contributed by atoms with Crippen molar-refractivity contribution in [3.05, 3.63) is 15.6 Å². The molecular weight excluding hydrogens is 190 g/mol. The Hall–Kier alpha value is -0.520. The van der Waals surface area contributed by atoms with Crippen molar-refractivity contribution in [2.24, 2.45) is 0 Å². The average molecular weight is 200 g/mol. The fraction of sp³-hybridized carbons (Fsp3) is 0.444. The van der Waals surface area contributed by atoms with Crippen LogP contribution in [-0.2, 0) is 6.42 Å². The van der Waals surface area contributed by atoms with E-state index in [9.17, 15) is 0 Å². The molecule has 0 aliphatic rings. The minimum absolute atomic E-state index is 0.655. The number of nitrogens with zero attached hydrogens (tertiary/aromatic N) is 1. The van der Waals surface area contributed by atoms with Crippen molar-refractivity contribution in [2.75, 3.05) is 5.88 Å². The molecule has 0 aliphatic heterocycles. The van der Waals surface area contributed by atoms with Gasteiger partial charge in [-0.05, 0) is 26.2 Å². The Labute approximate surface area is 81.8 Å². The molecular formula is C9H10ClNS. The first-order valence-electron chi connectivity index (χ1n) is 3.73. The molecule has 1 aromatic heterocycles. The van der Waals surface area contributed by atoms with Crippen LogP contribution >= 0.6 is 22.9 Å². The van der Waals surface area contributed by atoms with E-state index in [-0.39, 0.29) is 0 Å². The van der Waals surface area contributed by atoms with Gasteiger partial charge in [-0.15, -0.1) is 22.9 Å². The lowest BCUT2D eigenvalue weighted by molar-refractivity contribution is 1.12. The molecule has 0 saturated heterocycles. The van der Waals surface area contributed by atoms with Crippen LogP contribution in [0.1, 0.15) is 22.5 Å². The van der Waals surface area contributed by atoms with E-state index in [4.69, 9.17) is 11.6 Å². The van der Waals surface area contributed by atoms with Crippen molar-refractivity contribution in [1.29, 1.82) is 0 Å². The first-order valence-corrected chi connectivity index (χ1v) is 5.08. The van der Waals surface area contributed by atoms with Gasteiger partial charge >= 0.3 is 0 Å². The van der Waals surface area contributed by atoms with Crippen LogP contribution in [0.2, 0.25) is 0 Å². The molecule has 1 heterocycles. The molecule has 0 aromatic carbocycles. The molecule has 0 unspecified atom stereocenters. The second kappa shape index (κ2) is 4.49. The maximum absolute atomic E-state index is 5.64. The van der Waals surface area contributed by atoms with Crippen molar-refractivity contribution in [3.8, 4) is 11.8 Å². The van der Waals surface area contributed by atoms with Crippen LogP contribution in [0.25, 0.3) is 0 Å². The van der Waals surface area contributed by atoms with Gasteiger partial charge in [0.15, 0.2) is 5.01 Å². The highest BCUT2D eigenvalue weighted by Crippen LogP contribution is 2.17. The molecule has 0 saturated carbocycles. The lowest BCUT2D eigenvalue weighted by atomic mass is 10.3. The van der Waals surface area contributed by atoms with Gasteiger partial charge in [-0.2, -0.15) is 0 Å². The summed E-state index contributed by atoms with van der Waals surface area (Å²) >= 11 is 7.28. The van der Waals surface area contributed by atoms with Crippen LogP contribution in [0, 0.1) is 18.8 Å². The van der Waals surface area contributed by atoms with Crippen LogP contribution < -0.4 is 0 Å². The third-order valence-electron chi connectivity index (χ3n) is 1.45. The number of rotatable bonds is 2. The van der Waals surface area contributed by atoms with E-state index >= 15 is 0 Å². The Morgan fingerprint density at radius 3 is 2.92 bits per heavy atom. The number of hydrogen-bond donors (Lipinski definition) is 0. The second-order valence-electron chi connectivity index (χ2n) is 2.34. The molecule has 0 bridgehead atoms. The molecule has 1 aromatic rings. The van der Waals surface area contributed by atoms with Gasteiger partial charge in [-0.1, -0.05) is 5.92 Å². The molecule has 1 rings (SSSR count). The Morgan fingerprint density at radius 2 is 2.33 bits per heavy atom. The Bertz CT molecular complexity index is 319. The van der Waals surface area contributed by atoms with Gasteiger partial charge in [-0.25, -0.2) is 4.98 Å². The van der Waals surface area contributed by atoms with Crippen molar-refractivity contribution in [3.63, 3.8) is 0 Å². The van der Waals surface area contributed by atoms with E-state index in [1.54, 1.807) is 11.3 Å².